The van der Waals surface area contributed by atoms with Crippen LogP contribution < -0.4 is 5.56 Å². The van der Waals surface area contributed by atoms with Gasteiger partial charge in [0.2, 0.25) is 0 Å². The van der Waals surface area contributed by atoms with Crippen molar-refractivity contribution in [3.63, 3.8) is 0 Å². The number of nitrogens with one attached hydrogen (secondary N) is 1. The molecule has 5 nitrogen and oxygen atoms in total. The SMILES string of the molecule is O=c1[nH]ncc(-c2ccc(C[SH](=O)=O)cc2)c1-c1cccc(F)c1. The first-order valence-corrected chi connectivity index (χ1v) is 8.45. The van der Waals surface area contributed by atoms with Crippen LogP contribution in [0.5, 0.6) is 0 Å². The quantitative estimate of drug-likeness (QED) is 0.712. The second-order valence-corrected chi connectivity index (χ2v) is 6.17. The summed E-state index contributed by atoms with van der Waals surface area (Å²) < 4.78 is 35.1. The molecule has 3 aromatic rings. The first-order valence-electron chi connectivity index (χ1n) is 7.09. The van der Waals surface area contributed by atoms with Crippen LogP contribution in [0, 0.1) is 5.82 Å². The highest BCUT2D eigenvalue weighted by molar-refractivity contribution is 7.71. The maximum atomic E-state index is 13.5. The number of rotatable bonds is 4. The third kappa shape index (κ3) is 3.41. The number of aromatic nitrogens is 2. The van der Waals surface area contributed by atoms with E-state index >= 15 is 0 Å². The summed E-state index contributed by atoms with van der Waals surface area (Å²) in [5, 5.41) is 6.17. The van der Waals surface area contributed by atoms with Gasteiger partial charge in [0.1, 0.15) is 16.5 Å². The van der Waals surface area contributed by atoms with Crippen LogP contribution in [0.15, 0.2) is 59.5 Å². The van der Waals surface area contributed by atoms with Crippen LogP contribution in [0.1, 0.15) is 5.56 Å². The molecule has 2 aromatic carbocycles. The smallest absolute Gasteiger partial charge is 0.267 e. The minimum absolute atomic E-state index is 0.0417. The molecule has 3 rings (SSSR count). The summed E-state index contributed by atoms with van der Waals surface area (Å²) in [4.78, 5) is 12.2. The zero-order valence-electron chi connectivity index (χ0n) is 12.4. The first-order chi connectivity index (χ1) is 11.5. The average Bonchev–Trinajstić information content (AvgIpc) is 2.55. The van der Waals surface area contributed by atoms with E-state index in [9.17, 15) is 17.6 Å². The number of aromatic amines is 1. The van der Waals surface area contributed by atoms with Gasteiger partial charge in [-0.1, -0.05) is 36.4 Å². The van der Waals surface area contributed by atoms with E-state index in [0.29, 0.717) is 27.8 Å². The Hall–Kier alpha value is -2.80. The predicted molar refractivity (Wildman–Crippen MR) is 89.7 cm³/mol. The molecule has 0 saturated carbocycles. The van der Waals surface area contributed by atoms with Gasteiger partial charge in [0.05, 0.1) is 17.5 Å². The summed E-state index contributed by atoms with van der Waals surface area (Å²) in [5.74, 6) is -0.482. The molecule has 1 N–H and O–H groups in total. The molecule has 0 atom stereocenters. The molecular formula is C17H13FN2O3S. The fourth-order valence-corrected chi connectivity index (χ4v) is 3.00. The van der Waals surface area contributed by atoms with Crippen molar-refractivity contribution in [3.8, 4) is 22.3 Å². The summed E-state index contributed by atoms with van der Waals surface area (Å²) in [5.41, 5.74) is 2.22. The molecule has 0 amide bonds. The normalized spacial score (nSPS) is 10.9. The lowest BCUT2D eigenvalue weighted by atomic mass is 9.97. The molecule has 1 aromatic heterocycles. The zero-order valence-corrected chi connectivity index (χ0v) is 13.3. The maximum Gasteiger partial charge on any atom is 0.272 e. The Balaban J connectivity index is 2.12. The molecule has 0 bridgehead atoms. The van der Waals surface area contributed by atoms with Crippen molar-refractivity contribution in [2.75, 3.05) is 0 Å². The summed E-state index contributed by atoms with van der Waals surface area (Å²) in [6.45, 7) is 0. The van der Waals surface area contributed by atoms with E-state index in [2.05, 4.69) is 10.2 Å². The van der Waals surface area contributed by atoms with Gasteiger partial charge in [-0.2, -0.15) is 5.10 Å². The molecule has 0 saturated heterocycles. The number of thiol groups is 1. The van der Waals surface area contributed by atoms with Crippen molar-refractivity contribution in [2.24, 2.45) is 0 Å². The lowest BCUT2D eigenvalue weighted by Crippen LogP contribution is -2.12. The Kier molecular flexibility index (Phi) is 4.52. The van der Waals surface area contributed by atoms with E-state index in [0.717, 1.165) is 0 Å². The molecule has 7 heteroatoms. The van der Waals surface area contributed by atoms with E-state index in [-0.39, 0.29) is 5.75 Å². The number of halogens is 1. The molecule has 0 radical (unpaired) electrons. The van der Waals surface area contributed by atoms with Gasteiger partial charge in [0.15, 0.2) is 0 Å². The lowest BCUT2D eigenvalue weighted by Gasteiger charge is -2.09. The molecule has 0 fully saturated rings. The van der Waals surface area contributed by atoms with Gasteiger partial charge < -0.3 is 0 Å². The Morgan fingerprint density at radius 1 is 1.04 bits per heavy atom. The summed E-state index contributed by atoms with van der Waals surface area (Å²) >= 11 is 0. The van der Waals surface area contributed by atoms with Crippen molar-refractivity contribution >= 4 is 10.7 Å². The van der Waals surface area contributed by atoms with Crippen molar-refractivity contribution in [1.82, 2.24) is 10.2 Å². The first kappa shape index (κ1) is 16.1. The average molecular weight is 344 g/mol. The van der Waals surface area contributed by atoms with Crippen molar-refractivity contribution in [1.29, 1.82) is 0 Å². The molecule has 0 aliphatic heterocycles. The Morgan fingerprint density at radius 2 is 1.79 bits per heavy atom. The third-order valence-corrected chi connectivity index (χ3v) is 4.17. The number of hydrogen-bond acceptors (Lipinski definition) is 4. The fourth-order valence-electron chi connectivity index (χ4n) is 2.49. The topological polar surface area (TPSA) is 79.9 Å². The highest BCUT2D eigenvalue weighted by atomic mass is 32.2. The Bertz CT molecular complexity index is 1000. The minimum Gasteiger partial charge on any atom is -0.267 e. The van der Waals surface area contributed by atoms with Gasteiger partial charge in [-0.3, -0.25) is 4.79 Å². The molecule has 0 unspecified atom stereocenters. The van der Waals surface area contributed by atoms with Crippen LogP contribution in [-0.4, -0.2) is 18.6 Å². The highest BCUT2D eigenvalue weighted by Crippen LogP contribution is 2.29. The number of H-pyrrole nitrogens is 1. The molecule has 1 heterocycles. The monoisotopic (exact) mass is 344 g/mol. The molecule has 0 spiro atoms. The second-order valence-electron chi connectivity index (χ2n) is 5.19. The van der Waals surface area contributed by atoms with Gasteiger partial charge in [-0.15, -0.1) is 0 Å². The molecule has 24 heavy (non-hydrogen) atoms. The van der Waals surface area contributed by atoms with Gasteiger partial charge in [-0.25, -0.2) is 17.9 Å². The van der Waals surface area contributed by atoms with E-state index < -0.39 is 22.1 Å². The maximum absolute atomic E-state index is 13.5. The van der Waals surface area contributed by atoms with Crippen LogP contribution >= 0.6 is 0 Å². The predicted octanol–water partition coefficient (Wildman–Crippen LogP) is 2.35. The van der Waals surface area contributed by atoms with E-state index in [1.165, 1.54) is 24.4 Å². The van der Waals surface area contributed by atoms with Gasteiger partial charge in [0.25, 0.3) is 5.56 Å². The van der Waals surface area contributed by atoms with Crippen LogP contribution in [0.3, 0.4) is 0 Å². The van der Waals surface area contributed by atoms with Crippen LogP contribution in [0.4, 0.5) is 4.39 Å². The zero-order chi connectivity index (χ0) is 17.1. The third-order valence-electron chi connectivity index (χ3n) is 3.55. The van der Waals surface area contributed by atoms with Crippen molar-refractivity contribution in [3.05, 3.63) is 76.5 Å². The van der Waals surface area contributed by atoms with Gasteiger partial charge in [-0.05, 0) is 28.8 Å². The Morgan fingerprint density at radius 3 is 2.46 bits per heavy atom. The molecular weight excluding hydrogens is 331 g/mol. The van der Waals surface area contributed by atoms with Crippen molar-refractivity contribution in [2.45, 2.75) is 5.75 Å². The fraction of sp³-hybridized carbons (Fsp3) is 0.0588. The Labute approximate surface area is 138 Å². The lowest BCUT2D eigenvalue weighted by molar-refractivity contribution is 0.614. The van der Waals surface area contributed by atoms with Crippen LogP contribution in [-0.2, 0) is 16.5 Å². The van der Waals surface area contributed by atoms with Gasteiger partial charge in [0, 0.05) is 5.56 Å². The summed E-state index contributed by atoms with van der Waals surface area (Å²) in [6, 6.07) is 12.5. The summed E-state index contributed by atoms with van der Waals surface area (Å²) in [6.07, 6.45) is 1.49. The number of nitrogens with zero attached hydrogens (tertiary/aromatic N) is 1. The molecule has 0 aliphatic rings. The highest BCUT2D eigenvalue weighted by Gasteiger charge is 2.13. The van der Waals surface area contributed by atoms with Crippen LogP contribution in [0.2, 0.25) is 0 Å². The summed E-state index contributed by atoms with van der Waals surface area (Å²) in [7, 11) is -2.50. The van der Waals surface area contributed by atoms with E-state index in [4.69, 9.17) is 0 Å². The largest absolute Gasteiger partial charge is 0.272 e. The molecule has 122 valence electrons. The number of benzene rings is 2. The van der Waals surface area contributed by atoms with Gasteiger partial charge >= 0.3 is 0 Å². The standard InChI is InChI=1S/C17H13FN2O3S/c18-14-3-1-2-13(8-14)16-15(9-19-20-17(16)21)12-6-4-11(5-7-12)10-24(22)23/h1-9,24H,10H2,(H,20,21). The van der Waals surface area contributed by atoms with E-state index in [1.807, 2.05) is 0 Å². The van der Waals surface area contributed by atoms with E-state index in [1.54, 1.807) is 30.3 Å². The number of hydrogen-bond donors (Lipinski definition) is 2. The second kappa shape index (κ2) is 6.76. The van der Waals surface area contributed by atoms with Crippen LogP contribution in [0.25, 0.3) is 22.3 Å². The minimum atomic E-state index is -2.50. The van der Waals surface area contributed by atoms with Crippen molar-refractivity contribution < 1.29 is 12.8 Å². The molecule has 0 aliphatic carbocycles.